The van der Waals surface area contributed by atoms with Crippen LogP contribution in [-0.4, -0.2) is 22.1 Å². The van der Waals surface area contributed by atoms with E-state index < -0.39 is 6.03 Å². The fourth-order valence-corrected chi connectivity index (χ4v) is 2.41. The van der Waals surface area contributed by atoms with E-state index in [4.69, 9.17) is 10.2 Å². The summed E-state index contributed by atoms with van der Waals surface area (Å²) < 4.78 is 5.58. The molecule has 3 rings (SSSR count). The summed E-state index contributed by atoms with van der Waals surface area (Å²) in [6, 6.07) is 15.9. The van der Waals surface area contributed by atoms with Crippen molar-refractivity contribution in [2.24, 2.45) is 5.73 Å². The van der Waals surface area contributed by atoms with Gasteiger partial charge in [-0.05, 0) is 29.8 Å². The lowest BCUT2D eigenvalue weighted by Crippen LogP contribution is -2.23. The molecule has 3 aromatic rings. The molecule has 27 heavy (non-hydrogen) atoms. The maximum atomic E-state index is 12.0. The number of aromatic nitrogens is 2. The van der Waals surface area contributed by atoms with Gasteiger partial charge < -0.3 is 20.8 Å². The number of urea groups is 1. The maximum absolute atomic E-state index is 12.0. The predicted octanol–water partition coefficient (Wildman–Crippen LogP) is 2.48. The fourth-order valence-electron chi connectivity index (χ4n) is 2.41. The van der Waals surface area contributed by atoms with Gasteiger partial charge in [-0.25, -0.2) is 4.79 Å². The molecule has 2 aromatic carbocycles. The van der Waals surface area contributed by atoms with Crippen LogP contribution in [0.5, 0.6) is 0 Å². The number of carbonyl (C=O) groups is 2. The monoisotopic (exact) mass is 365 g/mol. The Morgan fingerprint density at radius 2 is 1.74 bits per heavy atom. The van der Waals surface area contributed by atoms with E-state index in [0.717, 1.165) is 11.1 Å². The number of anilines is 1. The number of aryl methyl sites for hydroxylation is 1. The minimum atomic E-state index is -0.618. The van der Waals surface area contributed by atoms with Gasteiger partial charge in [0.1, 0.15) is 0 Å². The average molecular weight is 365 g/mol. The van der Waals surface area contributed by atoms with Crippen LogP contribution in [0.15, 0.2) is 59.0 Å². The number of rotatable bonds is 7. The molecule has 4 N–H and O–H groups in total. The van der Waals surface area contributed by atoms with E-state index in [1.807, 2.05) is 30.3 Å². The summed E-state index contributed by atoms with van der Waals surface area (Å²) >= 11 is 0. The third-order valence-electron chi connectivity index (χ3n) is 3.76. The number of primary amides is 1. The zero-order valence-corrected chi connectivity index (χ0v) is 14.5. The van der Waals surface area contributed by atoms with E-state index in [-0.39, 0.29) is 12.3 Å². The summed E-state index contributed by atoms with van der Waals surface area (Å²) in [5.74, 6) is 0.746. The van der Waals surface area contributed by atoms with Crippen LogP contribution in [0.4, 0.5) is 10.5 Å². The van der Waals surface area contributed by atoms with Crippen molar-refractivity contribution >= 4 is 17.6 Å². The van der Waals surface area contributed by atoms with Crippen LogP contribution in [0.2, 0.25) is 0 Å². The molecule has 0 saturated heterocycles. The van der Waals surface area contributed by atoms with Crippen molar-refractivity contribution in [2.75, 3.05) is 5.32 Å². The van der Waals surface area contributed by atoms with Crippen LogP contribution in [0.1, 0.15) is 17.9 Å². The van der Waals surface area contributed by atoms with Gasteiger partial charge in [0, 0.05) is 30.6 Å². The minimum absolute atomic E-state index is 0.117. The zero-order valence-electron chi connectivity index (χ0n) is 14.5. The number of nitrogens with one attached hydrogen (secondary N) is 2. The summed E-state index contributed by atoms with van der Waals surface area (Å²) in [7, 11) is 0. The van der Waals surface area contributed by atoms with E-state index in [1.165, 1.54) is 0 Å². The van der Waals surface area contributed by atoms with E-state index in [0.29, 0.717) is 30.4 Å². The third kappa shape index (κ3) is 5.40. The second-order valence-corrected chi connectivity index (χ2v) is 5.83. The van der Waals surface area contributed by atoms with Crippen LogP contribution in [0, 0.1) is 0 Å². The number of benzene rings is 2. The first-order valence-corrected chi connectivity index (χ1v) is 8.40. The first-order chi connectivity index (χ1) is 13.1. The quantitative estimate of drug-likeness (QED) is 0.593. The van der Waals surface area contributed by atoms with Crippen LogP contribution in [-0.2, 0) is 17.8 Å². The molecule has 138 valence electrons. The van der Waals surface area contributed by atoms with E-state index in [9.17, 15) is 9.59 Å². The molecule has 0 aliphatic carbocycles. The van der Waals surface area contributed by atoms with Gasteiger partial charge in [0.25, 0.3) is 0 Å². The third-order valence-corrected chi connectivity index (χ3v) is 3.76. The Kier molecular flexibility index (Phi) is 5.78. The highest BCUT2D eigenvalue weighted by atomic mass is 16.4. The maximum Gasteiger partial charge on any atom is 0.316 e. The van der Waals surface area contributed by atoms with Gasteiger partial charge >= 0.3 is 6.03 Å². The lowest BCUT2D eigenvalue weighted by atomic mass is 10.2. The smallest absolute Gasteiger partial charge is 0.316 e. The highest BCUT2D eigenvalue weighted by Crippen LogP contribution is 2.17. The van der Waals surface area contributed by atoms with Gasteiger partial charge in [-0.2, -0.15) is 0 Å². The largest absolute Gasteiger partial charge is 0.421 e. The van der Waals surface area contributed by atoms with Crippen molar-refractivity contribution < 1.29 is 14.0 Å². The van der Waals surface area contributed by atoms with Gasteiger partial charge in [0.15, 0.2) is 0 Å². The molecule has 0 atom stereocenters. The molecule has 3 amide bonds. The Balaban J connectivity index is 1.45. The molecule has 1 aromatic heterocycles. The van der Waals surface area contributed by atoms with E-state index >= 15 is 0 Å². The zero-order chi connectivity index (χ0) is 19.1. The average Bonchev–Trinajstić information content (AvgIpc) is 3.15. The number of carbonyl (C=O) groups excluding carboxylic acids is 2. The molecule has 0 radical (unpaired) electrons. The first-order valence-electron chi connectivity index (χ1n) is 8.40. The van der Waals surface area contributed by atoms with E-state index in [2.05, 4.69) is 20.8 Å². The number of nitrogens with two attached hydrogens (primary N) is 1. The lowest BCUT2D eigenvalue weighted by molar-refractivity contribution is -0.121. The van der Waals surface area contributed by atoms with Gasteiger partial charge in [0.05, 0.1) is 0 Å². The second kappa shape index (κ2) is 8.61. The number of amides is 3. The topological polar surface area (TPSA) is 123 Å². The Morgan fingerprint density at radius 1 is 1.00 bits per heavy atom. The molecule has 8 heteroatoms. The SMILES string of the molecule is NC(=O)Nc1ccc(CNC(=O)CCc2nnc(-c3ccccc3)o2)cc1. The molecule has 1 heterocycles. The number of hydrogen-bond acceptors (Lipinski definition) is 5. The highest BCUT2D eigenvalue weighted by Gasteiger charge is 2.10. The lowest BCUT2D eigenvalue weighted by Gasteiger charge is -2.06. The molecule has 0 spiro atoms. The fraction of sp³-hybridized carbons (Fsp3) is 0.158. The molecule has 0 aliphatic rings. The molecule has 0 fully saturated rings. The van der Waals surface area contributed by atoms with E-state index in [1.54, 1.807) is 24.3 Å². The number of hydrogen-bond donors (Lipinski definition) is 3. The molecular formula is C19H19N5O3. The molecule has 8 nitrogen and oxygen atoms in total. The van der Waals surface area contributed by atoms with Gasteiger partial charge in [-0.15, -0.1) is 10.2 Å². The van der Waals surface area contributed by atoms with Crippen molar-refractivity contribution in [3.63, 3.8) is 0 Å². The standard InChI is InChI=1S/C19H19N5O3/c20-19(26)22-15-8-6-13(7-9-15)12-21-16(25)10-11-17-23-24-18(27-17)14-4-2-1-3-5-14/h1-9H,10-12H2,(H,21,25)(H3,20,22,26). The highest BCUT2D eigenvalue weighted by molar-refractivity contribution is 5.87. The second-order valence-electron chi connectivity index (χ2n) is 5.83. The van der Waals surface area contributed by atoms with Gasteiger partial charge in [-0.3, -0.25) is 4.79 Å². The van der Waals surface area contributed by atoms with Gasteiger partial charge in [-0.1, -0.05) is 30.3 Å². The van der Waals surface area contributed by atoms with Crippen LogP contribution in [0.25, 0.3) is 11.5 Å². The van der Waals surface area contributed by atoms with Crippen molar-refractivity contribution in [2.45, 2.75) is 19.4 Å². The van der Waals surface area contributed by atoms with Crippen molar-refractivity contribution in [3.8, 4) is 11.5 Å². The first kappa shape index (κ1) is 18.1. The summed E-state index contributed by atoms with van der Waals surface area (Å²) in [5, 5.41) is 13.3. The Hall–Kier alpha value is -3.68. The number of nitrogens with zero attached hydrogens (tertiary/aromatic N) is 2. The van der Waals surface area contributed by atoms with Crippen molar-refractivity contribution in [1.82, 2.24) is 15.5 Å². The van der Waals surface area contributed by atoms with Crippen molar-refractivity contribution in [3.05, 3.63) is 66.1 Å². The van der Waals surface area contributed by atoms with Crippen LogP contribution >= 0.6 is 0 Å². The minimum Gasteiger partial charge on any atom is -0.421 e. The normalized spacial score (nSPS) is 10.4. The van der Waals surface area contributed by atoms with Crippen LogP contribution in [0.3, 0.4) is 0 Å². The molecule has 0 saturated carbocycles. The Morgan fingerprint density at radius 3 is 2.44 bits per heavy atom. The summed E-state index contributed by atoms with van der Waals surface area (Å²) in [6.07, 6.45) is 0.616. The molecule has 0 aliphatic heterocycles. The molecule has 0 bridgehead atoms. The Bertz CT molecular complexity index is 907. The summed E-state index contributed by atoms with van der Waals surface area (Å²) in [5.41, 5.74) is 7.40. The molecule has 0 unspecified atom stereocenters. The van der Waals surface area contributed by atoms with Gasteiger partial charge in [0.2, 0.25) is 17.7 Å². The predicted molar refractivity (Wildman–Crippen MR) is 99.5 cm³/mol. The van der Waals surface area contributed by atoms with Crippen molar-refractivity contribution in [1.29, 1.82) is 0 Å². The van der Waals surface area contributed by atoms with Crippen LogP contribution < -0.4 is 16.4 Å². The Labute approximate surface area is 155 Å². The summed E-state index contributed by atoms with van der Waals surface area (Å²) in [4.78, 5) is 22.8. The molecular weight excluding hydrogens is 346 g/mol. The summed E-state index contributed by atoms with van der Waals surface area (Å²) in [6.45, 7) is 0.384.